The zero-order chi connectivity index (χ0) is 14.4. The Hall–Kier alpha value is -1.75. The van der Waals surface area contributed by atoms with E-state index in [1.54, 1.807) is 18.0 Å². The second kappa shape index (κ2) is 7.14. The highest BCUT2D eigenvalue weighted by Crippen LogP contribution is 2.18. The second-order valence-electron chi connectivity index (χ2n) is 4.71. The van der Waals surface area contributed by atoms with E-state index in [0.29, 0.717) is 13.0 Å². The van der Waals surface area contributed by atoms with E-state index in [9.17, 15) is 4.79 Å². The van der Waals surface area contributed by atoms with E-state index in [0.717, 1.165) is 17.0 Å². The van der Waals surface area contributed by atoms with E-state index in [4.69, 9.17) is 0 Å². The van der Waals surface area contributed by atoms with Gasteiger partial charge in [-0.1, -0.05) is 17.7 Å². The summed E-state index contributed by atoms with van der Waals surface area (Å²) in [6, 6.07) is 8.35. The minimum absolute atomic E-state index is 0.0743. The van der Waals surface area contributed by atoms with Crippen LogP contribution in [0, 0.1) is 13.8 Å². The lowest BCUT2D eigenvalue weighted by atomic mass is 10.2. The van der Waals surface area contributed by atoms with Crippen LogP contribution < -0.4 is 5.32 Å². The van der Waals surface area contributed by atoms with Crippen LogP contribution in [0.2, 0.25) is 0 Å². The van der Waals surface area contributed by atoms with Crippen molar-refractivity contribution in [3.63, 3.8) is 0 Å². The van der Waals surface area contributed by atoms with Crippen molar-refractivity contribution in [2.75, 3.05) is 5.75 Å². The van der Waals surface area contributed by atoms with Crippen molar-refractivity contribution in [1.82, 2.24) is 15.5 Å². The second-order valence-corrected chi connectivity index (χ2v) is 5.88. The largest absolute Gasteiger partial charge is 0.352 e. The van der Waals surface area contributed by atoms with Gasteiger partial charge < -0.3 is 5.32 Å². The molecule has 0 saturated carbocycles. The lowest BCUT2D eigenvalue weighted by Crippen LogP contribution is -2.23. The van der Waals surface area contributed by atoms with Crippen LogP contribution in [0.15, 0.2) is 35.4 Å². The summed E-state index contributed by atoms with van der Waals surface area (Å²) in [5.41, 5.74) is 3.28. The number of rotatable bonds is 6. The normalized spacial score (nSPS) is 10.5. The van der Waals surface area contributed by atoms with Crippen molar-refractivity contribution in [2.45, 2.75) is 31.7 Å². The Morgan fingerprint density at radius 3 is 2.70 bits per heavy atom. The van der Waals surface area contributed by atoms with Crippen molar-refractivity contribution in [1.29, 1.82) is 0 Å². The average Bonchev–Trinajstić information content (AvgIpc) is 2.84. The highest BCUT2D eigenvalue weighted by atomic mass is 32.2. The summed E-state index contributed by atoms with van der Waals surface area (Å²) in [5.74, 6) is 0.865. The van der Waals surface area contributed by atoms with Crippen molar-refractivity contribution in [3.05, 3.63) is 47.3 Å². The molecule has 106 valence electrons. The highest BCUT2D eigenvalue weighted by molar-refractivity contribution is 7.99. The van der Waals surface area contributed by atoms with Gasteiger partial charge in [-0.15, -0.1) is 11.8 Å². The third-order valence-corrected chi connectivity index (χ3v) is 4.04. The quantitative estimate of drug-likeness (QED) is 0.804. The fraction of sp³-hybridized carbons (Fsp3) is 0.333. The number of hydrogen-bond acceptors (Lipinski definition) is 3. The number of hydrogen-bond donors (Lipinski definition) is 2. The van der Waals surface area contributed by atoms with Crippen LogP contribution >= 0.6 is 11.8 Å². The number of aryl methyl sites for hydroxylation is 2. The molecule has 0 aliphatic carbocycles. The predicted molar refractivity (Wildman–Crippen MR) is 81.7 cm³/mol. The maximum Gasteiger partial charge on any atom is 0.221 e. The molecule has 4 nitrogen and oxygen atoms in total. The Balaban J connectivity index is 1.68. The number of thioether (sulfide) groups is 1. The molecule has 2 N–H and O–H groups in total. The van der Waals surface area contributed by atoms with Crippen LogP contribution in [0.5, 0.6) is 0 Å². The monoisotopic (exact) mass is 289 g/mol. The number of carbonyl (C=O) groups excluding carboxylic acids is 1. The first-order valence-corrected chi connectivity index (χ1v) is 7.59. The summed E-state index contributed by atoms with van der Waals surface area (Å²) in [7, 11) is 0. The van der Waals surface area contributed by atoms with Crippen molar-refractivity contribution in [3.8, 4) is 0 Å². The lowest BCUT2D eigenvalue weighted by molar-refractivity contribution is -0.120. The van der Waals surface area contributed by atoms with Crippen LogP contribution in [-0.2, 0) is 11.3 Å². The van der Waals surface area contributed by atoms with Gasteiger partial charge in [0.15, 0.2) is 0 Å². The Bertz CT molecular complexity index is 563. The average molecular weight is 289 g/mol. The van der Waals surface area contributed by atoms with E-state index in [2.05, 4.69) is 46.7 Å². The van der Waals surface area contributed by atoms with E-state index >= 15 is 0 Å². The number of carbonyl (C=O) groups is 1. The Labute approximate surface area is 123 Å². The fourth-order valence-electron chi connectivity index (χ4n) is 1.73. The molecule has 0 aliphatic rings. The van der Waals surface area contributed by atoms with E-state index in [1.807, 2.05) is 6.92 Å². The van der Waals surface area contributed by atoms with Gasteiger partial charge in [0.05, 0.1) is 6.20 Å². The predicted octanol–water partition coefficient (Wildman–Crippen LogP) is 2.83. The third kappa shape index (κ3) is 4.42. The molecule has 0 fully saturated rings. The van der Waals surface area contributed by atoms with Crippen LogP contribution in [0.1, 0.15) is 23.2 Å². The zero-order valence-corrected chi connectivity index (χ0v) is 12.6. The van der Waals surface area contributed by atoms with Crippen molar-refractivity contribution in [2.24, 2.45) is 0 Å². The van der Waals surface area contributed by atoms with Crippen LogP contribution in [0.4, 0.5) is 0 Å². The number of aromatic nitrogens is 2. The number of benzene rings is 1. The number of nitrogens with one attached hydrogen (secondary N) is 2. The van der Waals surface area contributed by atoms with Gasteiger partial charge in [-0.25, -0.2) is 0 Å². The number of amides is 1. The van der Waals surface area contributed by atoms with Gasteiger partial charge in [0.2, 0.25) is 5.91 Å². The Kier molecular flexibility index (Phi) is 5.24. The molecule has 0 aliphatic heterocycles. The molecule has 0 atom stereocenters. The number of H-pyrrole nitrogens is 1. The van der Waals surface area contributed by atoms with E-state index in [-0.39, 0.29) is 5.91 Å². The molecule has 0 radical (unpaired) electrons. The van der Waals surface area contributed by atoms with Gasteiger partial charge in [0.25, 0.3) is 0 Å². The summed E-state index contributed by atoms with van der Waals surface area (Å²) in [6.45, 7) is 4.55. The van der Waals surface area contributed by atoms with Gasteiger partial charge in [0.1, 0.15) is 0 Å². The zero-order valence-electron chi connectivity index (χ0n) is 11.8. The lowest BCUT2D eigenvalue weighted by Gasteiger charge is -2.05. The maximum absolute atomic E-state index is 11.7. The first-order chi connectivity index (χ1) is 9.65. The number of nitrogens with zero attached hydrogens (tertiary/aromatic N) is 1. The molecule has 0 saturated heterocycles. The summed E-state index contributed by atoms with van der Waals surface area (Å²) in [5, 5.41) is 9.69. The Morgan fingerprint density at radius 2 is 2.05 bits per heavy atom. The molecular formula is C15H19N3OS. The van der Waals surface area contributed by atoms with E-state index in [1.165, 1.54) is 10.5 Å². The van der Waals surface area contributed by atoms with E-state index < -0.39 is 0 Å². The minimum atomic E-state index is 0.0743. The summed E-state index contributed by atoms with van der Waals surface area (Å²) >= 11 is 1.70. The molecule has 1 amide bonds. The Morgan fingerprint density at radius 1 is 1.30 bits per heavy atom. The van der Waals surface area contributed by atoms with Gasteiger partial charge in [-0.05, 0) is 26.0 Å². The molecule has 2 aromatic rings. The van der Waals surface area contributed by atoms with Gasteiger partial charge in [-0.2, -0.15) is 5.10 Å². The first kappa shape index (κ1) is 14.7. The van der Waals surface area contributed by atoms with Crippen LogP contribution in [0.3, 0.4) is 0 Å². The molecule has 20 heavy (non-hydrogen) atoms. The molecule has 0 spiro atoms. The summed E-state index contributed by atoms with van der Waals surface area (Å²) in [6.07, 6.45) is 2.27. The molecule has 1 heterocycles. The topological polar surface area (TPSA) is 57.8 Å². The molecular weight excluding hydrogens is 270 g/mol. The highest BCUT2D eigenvalue weighted by Gasteiger charge is 2.04. The van der Waals surface area contributed by atoms with Crippen LogP contribution in [-0.4, -0.2) is 21.9 Å². The molecule has 0 bridgehead atoms. The fourth-order valence-corrected chi connectivity index (χ4v) is 2.58. The smallest absolute Gasteiger partial charge is 0.221 e. The van der Waals surface area contributed by atoms with Gasteiger partial charge >= 0.3 is 0 Å². The number of aromatic amines is 1. The van der Waals surface area contributed by atoms with Gasteiger partial charge in [-0.3, -0.25) is 9.89 Å². The third-order valence-electron chi connectivity index (χ3n) is 3.03. The minimum Gasteiger partial charge on any atom is -0.352 e. The maximum atomic E-state index is 11.7. The molecule has 5 heteroatoms. The summed E-state index contributed by atoms with van der Waals surface area (Å²) < 4.78 is 0. The summed E-state index contributed by atoms with van der Waals surface area (Å²) in [4.78, 5) is 12.9. The van der Waals surface area contributed by atoms with Crippen molar-refractivity contribution >= 4 is 17.7 Å². The molecule has 2 rings (SSSR count). The molecule has 1 aromatic heterocycles. The molecule has 0 unspecified atom stereocenters. The first-order valence-electron chi connectivity index (χ1n) is 6.60. The standard InChI is InChI=1S/C15H19N3OS/c1-11-3-5-14(6-4-11)20-8-7-15(19)16-9-13-10-17-18-12(13)2/h3-6,10H,7-9H2,1-2H3,(H,16,19)(H,17,18). The van der Waals surface area contributed by atoms with Gasteiger partial charge in [0, 0.05) is 34.9 Å². The van der Waals surface area contributed by atoms with Crippen LogP contribution in [0.25, 0.3) is 0 Å². The SMILES string of the molecule is Cc1ccc(SCCC(=O)NCc2cn[nH]c2C)cc1. The van der Waals surface area contributed by atoms with Crippen molar-refractivity contribution < 1.29 is 4.79 Å². The molecule has 1 aromatic carbocycles.